The van der Waals surface area contributed by atoms with Gasteiger partial charge < -0.3 is 14.7 Å². The van der Waals surface area contributed by atoms with Gasteiger partial charge in [0.1, 0.15) is 5.75 Å². The number of rotatable bonds is 3. The molecule has 0 unspecified atom stereocenters. The second kappa shape index (κ2) is 3.96. The van der Waals surface area contributed by atoms with Crippen LogP contribution < -0.4 is 5.48 Å². The highest BCUT2D eigenvalue weighted by Gasteiger charge is 2.17. The Morgan fingerprint density at radius 3 is 3.14 bits per heavy atom. The van der Waals surface area contributed by atoms with Gasteiger partial charge in [-0.2, -0.15) is 5.48 Å². The zero-order chi connectivity index (χ0) is 9.97. The van der Waals surface area contributed by atoms with Crippen LogP contribution in [0.5, 0.6) is 5.75 Å². The maximum Gasteiger partial charge on any atom is 0.120 e. The molecule has 0 aromatic heterocycles. The number of ether oxygens (including phenoxy) is 1. The van der Waals surface area contributed by atoms with E-state index in [4.69, 9.17) is 9.57 Å². The fourth-order valence-electron chi connectivity index (χ4n) is 1.65. The third-order valence-corrected chi connectivity index (χ3v) is 2.40. The van der Waals surface area contributed by atoms with Crippen LogP contribution in [0.1, 0.15) is 16.7 Å². The molecule has 0 atom stereocenters. The highest BCUT2D eigenvalue weighted by molar-refractivity contribution is 5.45. The minimum absolute atomic E-state index is 0.291. The van der Waals surface area contributed by atoms with Gasteiger partial charge in [-0.15, -0.1) is 0 Å². The van der Waals surface area contributed by atoms with Crippen LogP contribution >= 0.6 is 0 Å². The fourth-order valence-corrected chi connectivity index (χ4v) is 1.65. The van der Waals surface area contributed by atoms with Crippen LogP contribution in [0, 0.1) is 0 Å². The summed E-state index contributed by atoms with van der Waals surface area (Å²) < 4.78 is 5.31. The van der Waals surface area contributed by atoms with E-state index in [1.807, 2.05) is 6.07 Å². The van der Waals surface area contributed by atoms with E-state index in [-0.39, 0.29) is 0 Å². The molecular formula is C10H13NO3. The van der Waals surface area contributed by atoms with Crippen molar-refractivity contribution in [1.82, 2.24) is 5.48 Å². The molecule has 0 amide bonds. The summed E-state index contributed by atoms with van der Waals surface area (Å²) in [5, 5.41) is 9.65. The number of nitrogens with one attached hydrogen (secondary N) is 1. The molecule has 76 valence electrons. The molecule has 0 radical (unpaired) electrons. The first-order chi connectivity index (χ1) is 6.83. The largest absolute Gasteiger partial charge is 0.508 e. The van der Waals surface area contributed by atoms with Crippen molar-refractivity contribution < 1.29 is 14.7 Å². The Bertz CT molecular complexity index is 338. The Hall–Kier alpha value is -1.10. The van der Waals surface area contributed by atoms with Crippen molar-refractivity contribution in [3.8, 4) is 5.75 Å². The predicted molar refractivity (Wildman–Crippen MR) is 50.4 cm³/mol. The SMILES string of the molecule is CONCc1c(O)ccc2c1COC2. The third kappa shape index (κ3) is 1.59. The number of phenolic OH excluding ortho intramolecular Hbond substituents is 1. The Balaban J connectivity index is 2.31. The number of phenols is 1. The minimum atomic E-state index is 0.291. The molecule has 1 aliphatic rings. The first-order valence-corrected chi connectivity index (χ1v) is 4.49. The Kier molecular flexibility index (Phi) is 2.67. The fraction of sp³-hybridized carbons (Fsp3) is 0.400. The molecule has 0 bridgehead atoms. The number of fused-ring (bicyclic) bond motifs is 1. The molecule has 2 rings (SSSR count). The standard InChI is InChI=1S/C10H13NO3/c1-13-11-4-8-9-6-14-5-7(9)2-3-10(8)12/h2-3,11-12H,4-6H2,1H3. The van der Waals surface area contributed by atoms with Gasteiger partial charge in [0, 0.05) is 5.56 Å². The molecule has 2 N–H and O–H groups in total. The molecule has 4 heteroatoms. The van der Waals surface area contributed by atoms with Crippen LogP contribution in [0.4, 0.5) is 0 Å². The number of hydrogen-bond acceptors (Lipinski definition) is 4. The van der Waals surface area contributed by atoms with Gasteiger partial charge in [-0.25, -0.2) is 0 Å². The molecule has 0 aliphatic carbocycles. The molecule has 0 spiro atoms. The van der Waals surface area contributed by atoms with Gasteiger partial charge in [0.2, 0.25) is 0 Å². The van der Waals surface area contributed by atoms with E-state index < -0.39 is 0 Å². The molecular weight excluding hydrogens is 182 g/mol. The van der Waals surface area contributed by atoms with E-state index >= 15 is 0 Å². The molecule has 0 saturated carbocycles. The molecule has 1 aromatic rings. The van der Waals surface area contributed by atoms with E-state index in [2.05, 4.69) is 5.48 Å². The lowest BCUT2D eigenvalue weighted by atomic mass is 10.0. The van der Waals surface area contributed by atoms with E-state index in [1.165, 1.54) is 0 Å². The zero-order valence-corrected chi connectivity index (χ0v) is 8.04. The van der Waals surface area contributed by atoms with Crippen molar-refractivity contribution >= 4 is 0 Å². The number of hydroxylamine groups is 1. The van der Waals surface area contributed by atoms with E-state index in [1.54, 1.807) is 13.2 Å². The Morgan fingerprint density at radius 2 is 2.36 bits per heavy atom. The van der Waals surface area contributed by atoms with Crippen LogP contribution in [-0.4, -0.2) is 12.2 Å². The summed E-state index contributed by atoms with van der Waals surface area (Å²) >= 11 is 0. The monoisotopic (exact) mass is 195 g/mol. The number of hydrogen-bond donors (Lipinski definition) is 2. The second-order valence-electron chi connectivity index (χ2n) is 3.22. The minimum Gasteiger partial charge on any atom is -0.508 e. The first kappa shape index (κ1) is 9.45. The van der Waals surface area contributed by atoms with Crippen LogP contribution in [0.15, 0.2) is 12.1 Å². The maximum absolute atomic E-state index is 9.65. The van der Waals surface area contributed by atoms with Gasteiger partial charge >= 0.3 is 0 Å². The van der Waals surface area contributed by atoms with Crippen LogP contribution in [0.2, 0.25) is 0 Å². The number of aromatic hydroxyl groups is 1. The summed E-state index contributed by atoms with van der Waals surface area (Å²) in [6, 6.07) is 3.59. The Morgan fingerprint density at radius 1 is 1.50 bits per heavy atom. The lowest BCUT2D eigenvalue weighted by molar-refractivity contribution is 0.0853. The summed E-state index contributed by atoms with van der Waals surface area (Å²) in [7, 11) is 1.55. The van der Waals surface area contributed by atoms with Crippen molar-refractivity contribution in [2.75, 3.05) is 7.11 Å². The van der Waals surface area contributed by atoms with Crippen LogP contribution in [-0.2, 0) is 29.3 Å². The molecule has 1 aromatic carbocycles. The highest BCUT2D eigenvalue weighted by atomic mass is 16.6. The van der Waals surface area contributed by atoms with E-state index in [0.717, 1.165) is 16.7 Å². The van der Waals surface area contributed by atoms with Crippen LogP contribution in [0.3, 0.4) is 0 Å². The zero-order valence-electron chi connectivity index (χ0n) is 8.04. The summed E-state index contributed by atoms with van der Waals surface area (Å²) in [6.07, 6.45) is 0. The summed E-state index contributed by atoms with van der Waals surface area (Å²) in [5.74, 6) is 0.291. The summed E-state index contributed by atoms with van der Waals surface area (Å²) in [6.45, 7) is 1.70. The third-order valence-electron chi connectivity index (χ3n) is 2.40. The second-order valence-corrected chi connectivity index (χ2v) is 3.22. The normalized spacial score (nSPS) is 14.4. The van der Waals surface area contributed by atoms with E-state index in [0.29, 0.717) is 25.5 Å². The van der Waals surface area contributed by atoms with Crippen molar-refractivity contribution in [3.63, 3.8) is 0 Å². The van der Waals surface area contributed by atoms with Crippen LogP contribution in [0.25, 0.3) is 0 Å². The average Bonchev–Trinajstić information content (AvgIpc) is 2.64. The molecule has 4 nitrogen and oxygen atoms in total. The first-order valence-electron chi connectivity index (χ1n) is 4.49. The summed E-state index contributed by atoms with van der Waals surface area (Å²) in [4.78, 5) is 4.76. The smallest absolute Gasteiger partial charge is 0.120 e. The number of benzene rings is 1. The van der Waals surface area contributed by atoms with Gasteiger partial charge in [0.15, 0.2) is 0 Å². The molecule has 0 fully saturated rings. The molecule has 0 saturated heterocycles. The van der Waals surface area contributed by atoms with Crippen molar-refractivity contribution in [2.45, 2.75) is 19.8 Å². The van der Waals surface area contributed by atoms with Crippen molar-refractivity contribution in [3.05, 3.63) is 28.8 Å². The quantitative estimate of drug-likeness (QED) is 0.708. The predicted octanol–water partition coefficient (Wildman–Crippen LogP) is 1.07. The van der Waals surface area contributed by atoms with Gasteiger partial charge in [0.25, 0.3) is 0 Å². The van der Waals surface area contributed by atoms with Crippen molar-refractivity contribution in [2.24, 2.45) is 0 Å². The van der Waals surface area contributed by atoms with Gasteiger partial charge in [-0.1, -0.05) is 6.07 Å². The van der Waals surface area contributed by atoms with E-state index in [9.17, 15) is 5.11 Å². The maximum atomic E-state index is 9.65. The molecule has 14 heavy (non-hydrogen) atoms. The van der Waals surface area contributed by atoms with Gasteiger partial charge in [0.05, 0.1) is 26.9 Å². The topological polar surface area (TPSA) is 50.7 Å². The molecule has 1 heterocycles. The molecule has 1 aliphatic heterocycles. The van der Waals surface area contributed by atoms with Crippen molar-refractivity contribution in [1.29, 1.82) is 0 Å². The van der Waals surface area contributed by atoms with Gasteiger partial charge in [-0.3, -0.25) is 0 Å². The lowest BCUT2D eigenvalue weighted by Crippen LogP contribution is -2.12. The van der Waals surface area contributed by atoms with Gasteiger partial charge in [-0.05, 0) is 17.2 Å². The summed E-state index contributed by atoms with van der Waals surface area (Å²) in [5.41, 5.74) is 5.81. The average molecular weight is 195 g/mol. The highest BCUT2D eigenvalue weighted by Crippen LogP contribution is 2.29. The Labute approximate surface area is 82.4 Å². The lowest BCUT2D eigenvalue weighted by Gasteiger charge is -2.09.